The van der Waals surface area contributed by atoms with Gasteiger partial charge in [0, 0.05) is 23.7 Å². The monoisotopic (exact) mass is 364 g/mol. The van der Waals surface area contributed by atoms with E-state index in [9.17, 15) is 9.90 Å². The van der Waals surface area contributed by atoms with Gasteiger partial charge in [0.1, 0.15) is 11.3 Å². The van der Waals surface area contributed by atoms with Gasteiger partial charge in [-0.15, -0.1) is 0 Å². The highest BCUT2D eigenvalue weighted by molar-refractivity contribution is 5.99. The van der Waals surface area contributed by atoms with Gasteiger partial charge < -0.3 is 14.7 Å². The van der Waals surface area contributed by atoms with Gasteiger partial charge in [-0.25, -0.2) is 0 Å². The maximum Gasteiger partial charge on any atom is 0.254 e. The second-order valence-corrected chi connectivity index (χ2v) is 6.42. The average molecular weight is 364 g/mol. The number of aliphatic hydroxyl groups excluding tert-OH is 1. The van der Waals surface area contributed by atoms with Crippen molar-refractivity contribution < 1.29 is 14.6 Å². The van der Waals surface area contributed by atoms with Crippen LogP contribution in [0.25, 0.3) is 22.0 Å². The van der Waals surface area contributed by atoms with Gasteiger partial charge in [-0.05, 0) is 55.3 Å². The van der Waals surface area contributed by atoms with Crippen molar-refractivity contribution in [1.29, 1.82) is 0 Å². The number of pyridine rings is 1. The summed E-state index contributed by atoms with van der Waals surface area (Å²) in [6, 6.07) is 15.2. The fourth-order valence-electron chi connectivity index (χ4n) is 3.28. The lowest BCUT2D eigenvalue weighted by molar-refractivity contribution is 0.0632. The molecule has 3 rings (SSSR count). The zero-order chi connectivity index (χ0) is 19.4. The normalized spacial score (nSPS) is 12.0. The van der Waals surface area contributed by atoms with Crippen LogP contribution in [0.3, 0.4) is 0 Å². The van der Waals surface area contributed by atoms with E-state index in [0.717, 1.165) is 27.8 Å². The molecule has 1 N–H and O–H groups in total. The van der Waals surface area contributed by atoms with Crippen molar-refractivity contribution in [1.82, 2.24) is 9.88 Å². The summed E-state index contributed by atoms with van der Waals surface area (Å²) in [6.07, 6.45) is 1.75. The molecule has 0 aliphatic rings. The summed E-state index contributed by atoms with van der Waals surface area (Å²) in [5.74, 6) is 0.657. The quantitative estimate of drug-likeness (QED) is 0.723. The standard InChI is InChI=1S/C22H24N2O3/c1-4-24(15(2)14-25)22(26)17-9-7-16(8-10-17)18-11-12-20(27-3)21-19(18)6-5-13-23-21/h5-13,15,25H,4,14H2,1-3H3. The second kappa shape index (κ2) is 8.18. The van der Waals surface area contributed by atoms with Crippen molar-refractivity contribution in [3.05, 3.63) is 60.3 Å². The van der Waals surface area contributed by atoms with E-state index in [0.29, 0.717) is 12.1 Å². The van der Waals surface area contributed by atoms with E-state index in [1.165, 1.54) is 0 Å². The van der Waals surface area contributed by atoms with E-state index < -0.39 is 0 Å². The lowest BCUT2D eigenvalue weighted by Gasteiger charge is -2.26. The summed E-state index contributed by atoms with van der Waals surface area (Å²) in [4.78, 5) is 18.8. The first-order chi connectivity index (χ1) is 13.1. The number of hydrogen-bond acceptors (Lipinski definition) is 4. The topological polar surface area (TPSA) is 62.7 Å². The fraction of sp³-hybridized carbons (Fsp3) is 0.273. The summed E-state index contributed by atoms with van der Waals surface area (Å²) < 4.78 is 5.41. The Balaban J connectivity index is 1.97. The molecule has 5 nitrogen and oxygen atoms in total. The Hall–Kier alpha value is -2.92. The Labute approximate surface area is 159 Å². The summed E-state index contributed by atoms with van der Waals surface area (Å²) in [6.45, 7) is 4.25. The number of rotatable bonds is 6. The summed E-state index contributed by atoms with van der Waals surface area (Å²) in [7, 11) is 1.64. The molecule has 1 unspecified atom stereocenters. The van der Waals surface area contributed by atoms with E-state index in [1.54, 1.807) is 18.2 Å². The molecule has 0 radical (unpaired) electrons. The fourth-order valence-corrected chi connectivity index (χ4v) is 3.28. The van der Waals surface area contributed by atoms with Crippen molar-refractivity contribution in [2.75, 3.05) is 20.3 Å². The molecule has 0 spiro atoms. The minimum Gasteiger partial charge on any atom is -0.494 e. The van der Waals surface area contributed by atoms with Gasteiger partial charge in [0.25, 0.3) is 5.91 Å². The predicted molar refractivity (Wildman–Crippen MR) is 107 cm³/mol. The first-order valence-corrected chi connectivity index (χ1v) is 9.04. The van der Waals surface area contributed by atoms with Gasteiger partial charge >= 0.3 is 0 Å². The van der Waals surface area contributed by atoms with E-state index >= 15 is 0 Å². The van der Waals surface area contributed by atoms with Gasteiger partial charge in [0.15, 0.2) is 0 Å². The van der Waals surface area contributed by atoms with Crippen LogP contribution >= 0.6 is 0 Å². The Morgan fingerprint density at radius 2 is 1.93 bits per heavy atom. The largest absolute Gasteiger partial charge is 0.494 e. The Kier molecular flexibility index (Phi) is 5.72. The van der Waals surface area contributed by atoms with Crippen molar-refractivity contribution in [3.63, 3.8) is 0 Å². The third kappa shape index (κ3) is 3.64. The summed E-state index contributed by atoms with van der Waals surface area (Å²) in [5, 5.41) is 10.4. The van der Waals surface area contributed by atoms with Gasteiger partial charge in [-0.1, -0.05) is 18.2 Å². The minimum atomic E-state index is -0.209. The first kappa shape index (κ1) is 18.9. The number of aromatic nitrogens is 1. The number of nitrogens with zero attached hydrogens (tertiary/aromatic N) is 2. The number of carbonyl (C=O) groups excluding carboxylic acids is 1. The van der Waals surface area contributed by atoms with Crippen LogP contribution in [-0.4, -0.2) is 47.2 Å². The van der Waals surface area contributed by atoms with Crippen LogP contribution in [-0.2, 0) is 0 Å². The zero-order valence-corrected chi connectivity index (χ0v) is 15.8. The second-order valence-electron chi connectivity index (χ2n) is 6.42. The highest BCUT2D eigenvalue weighted by Gasteiger charge is 2.19. The van der Waals surface area contributed by atoms with E-state index in [4.69, 9.17) is 4.74 Å². The Bertz CT molecular complexity index is 938. The Morgan fingerprint density at radius 3 is 2.56 bits per heavy atom. The Morgan fingerprint density at radius 1 is 1.19 bits per heavy atom. The number of fused-ring (bicyclic) bond motifs is 1. The number of benzene rings is 2. The molecule has 0 aliphatic heterocycles. The molecule has 1 heterocycles. The van der Waals surface area contributed by atoms with Crippen molar-refractivity contribution >= 4 is 16.8 Å². The molecule has 1 aromatic heterocycles. The lowest BCUT2D eigenvalue weighted by Crippen LogP contribution is -2.40. The number of hydrogen-bond donors (Lipinski definition) is 1. The molecule has 0 saturated heterocycles. The molecule has 0 aliphatic carbocycles. The third-order valence-electron chi connectivity index (χ3n) is 4.79. The number of ether oxygens (including phenoxy) is 1. The van der Waals surface area contributed by atoms with E-state index in [2.05, 4.69) is 4.98 Å². The summed E-state index contributed by atoms with van der Waals surface area (Å²) >= 11 is 0. The van der Waals surface area contributed by atoms with Crippen molar-refractivity contribution in [2.24, 2.45) is 0 Å². The number of methoxy groups -OCH3 is 1. The molecule has 0 fully saturated rings. The van der Waals surface area contributed by atoms with Crippen LogP contribution in [0.1, 0.15) is 24.2 Å². The third-order valence-corrected chi connectivity index (χ3v) is 4.79. The molecule has 0 bridgehead atoms. The molecule has 0 saturated carbocycles. The van der Waals surface area contributed by atoms with Crippen LogP contribution in [0.15, 0.2) is 54.7 Å². The smallest absolute Gasteiger partial charge is 0.254 e. The summed E-state index contributed by atoms with van der Waals surface area (Å²) in [5.41, 5.74) is 3.46. The van der Waals surface area contributed by atoms with E-state index in [-0.39, 0.29) is 18.6 Å². The molecule has 5 heteroatoms. The number of amides is 1. The minimum absolute atomic E-state index is 0.0531. The molecule has 2 aromatic carbocycles. The lowest BCUT2D eigenvalue weighted by atomic mass is 9.99. The zero-order valence-electron chi connectivity index (χ0n) is 15.8. The molecule has 27 heavy (non-hydrogen) atoms. The van der Waals surface area contributed by atoms with Gasteiger partial charge in [0.2, 0.25) is 0 Å². The highest BCUT2D eigenvalue weighted by Crippen LogP contribution is 2.33. The number of aliphatic hydroxyl groups is 1. The van der Waals surface area contributed by atoms with Gasteiger partial charge in [0.05, 0.1) is 19.8 Å². The van der Waals surface area contributed by atoms with E-state index in [1.807, 2.05) is 62.4 Å². The van der Waals surface area contributed by atoms with Crippen LogP contribution in [0, 0.1) is 0 Å². The maximum absolute atomic E-state index is 12.7. The van der Waals surface area contributed by atoms with Crippen molar-refractivity contribution in [2.45, 2.75) is 19.9 Å². The average Bonchev–Trinajstić information content (AvgIpc) is 2.73. The molecular formula is C22H24N2O3. The van der Waals surface area contributed by atoms with Crippen LogP contribution in [0.2, 0.25) is 0 Å². The molecular weight excluding hydrogens is 340 g/mol. The predicted octanol–water partition coefficient (Wildman–Crippen LogP) is 3.75. The molecule has 140 valence electrons. The molecule has 1 atom stereocenters. The highest BCUT2D eigenvalue weighted by atomic mass is 16.5. The van der Waals surface area contributed by atoms with Crippen LogP contribution in [0.5, 0.6) is 5.75 Å². The molecule has 1 amide bonds. The SMILES string of the molecule is CCN(C(=O)c1ccc(-c2ccc(OC)c3ncccc23)cc1)C(C)CO. The van der Waals surface area contributed by atoms with Crippen LogP contribution in [0.4, 0.5) is 0 Å². The number of carbonyl (C=O) groups is 1. The molecule has 3 aromatic rings. The maximum atomic E-state index is 12.7. The number of likely N-dealkylation sites (N-methyl/N-ethyl adjacent to an activating group) is 1. The van der Waals surface area contributed by atoms with Gasteiger partial charge in [-0.2, -0.15) is 0 Å². The van der Waals surface area contributed by atoms with Crippen molar-refractivity contribution in [3.8, 4) is 16.9 Å². The van der Waals surface area contributed by atoms with Gasteiger partial charge in [-0.3, -0.25) is 9.78 Å². The first-order valence-electron chi connectivity index (χ1n) is 9.04. The van der Waals surface area contributed by atoms with Crippen LogP contribution < -0.4 is 4.74 Å².